The molecule has 1 aromatic rings. The first-order valence-corrected chi connectivity index (χ1v) is 11.3. The maximum absolute atomic E-state index is 13.1. The third-order valence-corrected chi connectivity index (χ3v) is 5.54. The van der Waals surface area contributed by atoms with Gasteiger partial charge < -0.3 is 37.6 Å². The van der Waals surface area contributed by atoms with E-state index < -0.39 is 66.3 Å². The van der Waals surface area contributed by atoms with Gasteiger partial charge in [0.2, 0.25) is 23.6 Å². The van der Waals surface area contributed by atoms with Gasteiger partial charge in [-0.1, -0.05) is 50.6 Å². The molecule has 12 nitrogen and oxygen atoms in total. The largest absolute Gasteiger partial charge is 0.480 e. The summed E-state index contributed by atoms with van der Waals surface area (Å²) in [5.41, 5.74) is 11.4. The molecule has 35 heavy (non-hydrogen) atoms. The summed E-state index contributed by atoms with van der Waals surface area (Å²) in [5.74, 6) is -4.67. The van der Waals surface area contributed by atoms with E-state index in [-0.39, 0.29) is 19.3 Å². The lowest BCUT2D eigenvalue weighted by molar-refractivity contribution is -0.144. The number of carboxylic acids is 1. The van der Waals surface area contributed by atoms with Gasteiger partial charge in [-0.15, -0.1) is 0 Å². The van der Waals surface area contributed by atoms with Crippen LogP contribution in [-0.4, -0.2) is 70.6 Å². The fourth-order valence-corrected chi connectivity index (χ4v) is 3.19. The van der Waals surface area contributed by atoms with Crippen molar-refractivity contribution in [3.8, 4) is 0 Å². The van der Waals surface area contributed by atoms with Crippen molar-refractivity contribution < 1.29 is 34.2 Å². The maximum Gasteiger partial charge on any atom is 0.326 e. The van der Waals surface area contributed by atoms with Crippen molar-refractivity contribution in [2.45, 2.75) is 63.7 Å². The quantitative estimate of drug-likeness (QED) is 0.151. The highest BCUT2D eigenvalue weighted by molar-refractivity contribution is 5.94. The Morgan fingerprint density at radius 3 is 2.03 bits per heavy atom. The van der Waals surface area contributed by atoms with Crippen LogP contribution in [0.3, 0.4) is 0 Å². The number of carboxylic acid groups (broad SMARTS) is 1. The van der Waals surface area contributed by atoms with E-state index in [4.69, 9.17) is 16.6 Å². The van der Waals surface area contributed by atoms with E-state index in [1.807, 2.05) is 0 Å². The lowest BCUT2D eigenvalue weighted by atomic mass is 9.98. The number of carbonyl (C=O) groups excluding carboxylic acids is 4. The number of carbonyl (C=O) groups is 5. The minimum Gasteiger partial charge on any atom is -0.480 e. The summed E-state index contributed by atoms with van der Waals surface area (Å²) in [6.07, 6.45) is 0.101. The van der Waals surface area contributed by atoms with Crippen LogP contribution in [0.5, 0.6) is 0 Å². The molecule has 1 rings (SSSR count). The molecule has 0 saturated heterocycles. The van der Waals surface area contributed by atoms with E-state index in [0.29, 0.717) is 12.0 Å². The number of aliphatic carboxylic acids is 1. The molecule has 5 atom stereocenters. The Kier molecular flexibility index (Phi) is 12.4. The molecule has 0 spiro atoms. The zero-order chi connectivity index (χ0) is 26.5. The van der Waals surface area contributed by atoms with E-state index in [0.717, 1.165) is 0 Å². The fourth-order valence-electron chi connectivity index (χ4n) is 3.19. The molecular weight excluding hydrogens is 458 g/mol. The van der Waals surface area contributed by atoms with Crippen molar-refractivity contribution in [1.29, 1.82) is 0 Å². The van der Waals surface area contributed by atoms with Crippen molar-refractivity contribution in [3.05, 3.63) is 35.9 Å². The SMILES string of the molecule is CCC(C)C(NC(=O)C(CCC(N)=O)NC(=O)C(Cc1ccccc1)NC(=O)C(N)CO)C(=O)O. The summed E-state index contributed by atoms with van der Waals surface area (Å²) in [6, 6.07) is 3.81. The Bertz CT molecular complexity index is 880. The van der Waals surface area contributed by atoms with Crippen LogP contribution in [0, 0.1) is 5.92 Å². The van der Waals surface area contributed by atoms with Crippen LogP contribution in [0.25, 0.3) is 0 Å². The topological polar surface area (TPSA) is 214 Å². The summed E-state index contributed by atoms with van der Waals surface area (Å²) >= 11 is 0. The predicted octanol–water partition coefficient (Wildman–Crippen LogP) is -1.60. The number of hydrogen-bond donors (Lipinski definition) is 7. The van der Waals surface area contributed by atoms with E-state index in [1.165, 1.54) is 0 Å². The zero-order valence-corrected chi connectivity index (χ0v) is 19.9. The smallest absolute Gasteiger partial charge is 0.326 e. The number of nitrogens with two attached hydrogens (primary N) is 2. The van der Waals surface area contributed by atoms with E-state index >= 15 is 0 Å². The molecular formula is C23H35N5O7. The highest BCUT2D eigenvalue weighted by Gasteiger charge is 2.32. The van der Waals surface area contributed by atoms with Crippen molar-refractivity contribution >= 4 is 29.6 Å². The lowest BCUT2D eigenvalue weighted by Gasteiger charge is -2.26. The van der Waals surface area contributed by atoms with E-state index in [9.17, 15) is 29.1 Å². The molecule has 0 aliphatic heterocycles. The number of aliphatic hydroxyl groups is 1. The van der Waals surface area contributed by atoms with Crippen LogP contribution >= 0.6 is 0 Å². The van der Waals surface area contributed by atoms with Gasteiger partial charge in [0.15, 0.2) is 0 Å². The predicted molar refractivity (Wildman–Crippen MR) is 127 cm³/mol. The summed E-state index contributed by atoms with van der Waals surface area (Å²) in [4.78, 5) is 61.2. The molecule has 12 heteroatoms. The first-order chi connectivity index (χ1) is 16.5. The highest BCUT2D eigenvalue weighted by atomic mass is 16.4. The van der Waals surface area contributed by atoms with E-state index in [1.54, 1.807) is 44.2 Å². The Labute approximate surface area is 203 Å². The monoisotopic (exact) mass is 493 g/mol. The summed E-state index contributed by atoms with van der Waals surface area (Å²) in [5, 5.41) is 26.0. The van der Waals surface area contributed by atoms with Crippen LogP contribution in [0.4, 0.5) is 0 Å². The molecule has 0 aliphatic carbocycles. The second kappa shape index (κ2) is 14.7. The molecule has 0 saturated carbocycles. The van der Waals surface area contributed by atoms with Gasteiger partial charge in [0.25, 0.3) is 0 Å². The lowest BCUT2D eigenvalue weighted by Crippen LogP contribution is -2.58. The van der Waals surface area contributed by atoms with Crippen LogP contribution in [0.2, 0.25) is 0 Å². The van der Waals surface area contributed by atoms with Gasteiger partial charge in [0.05, 0.1) is 6.61 Å². The van der Waals surface area contributed by atoms with Crippen molar-refractivity contribution in [2.75, 3.05) is 6.61 Å². The van der Waals surface area contributed by atoms with Crippen molar-refractivity contribution in [1.82, 2.24) is 16.0 Å². The van der Waals surface area contributed by atoms with Crippen LogP contribution < -0.4 is 27.4 Å². The molecule has 9 N–H and O–H groups in total. The molecule has 0 aromatic heterocycles. The Balaban J connectivity index is 3.13. The number of aliphatic hydroxyl groups excluding tert-OH is 1. The normalized spacial score (nSPS) is 15.1. The number of benzene rings is 1. The van der Waals surface area contributed by atoms with E-state index in [2.05, 4.69) is 16.0 Å². The van der Waals surface area contributed by atoms with Gasteiger partial charge in [0.1, 0.15) is 24.2 Å². The first-order valence-electron chi connectivity index (χ1n) is 11.3. The van der Waals surface area contributed by atoms with Gasteiger partial charge >= 0.3 is 5.97 Å². The zero-order valence-electron chi connectivity index (χ0n) is 19.9. The molecule has 0 aliphatic rings. The average molecular weight is 494 g/mol. The number of nitrogens with one attached hydrogen (secondary N) is 3. The average Bonchev–Trinajstić information content (AvgIpc) is 2.83. The van der Waals surface area contributed by atoms with Gasteiger partial charge in [-0.25, -0.2) is 4.79 Å². The summed E-state index contributed by atoms with van der Waals surface area (Å²) < 4.78 is 0. The molecule has 4 amide bonds. The highest BCUT2D eigenvalue weighted by Crippen LogP contribution is 2.10. The molecule has 0 fully saturated rings. The second-order valence-corrected chi connectivity index (χ2v) is 8.32. The third kappa shape index (κ3) is 10.1. The Morgan fingerprint density at radius 2 is 1.51 bits per heavy atom. The number of hydrogen-bond acceptors (Lipinski definition) is 7. The second-order valence-electron chi connectivity index (χ2n) is 8.32. The fraction of sp³-hybridized carbons (Fsp3) is 0.522. The number of amides is 4. The van der Waals surface area contributed by atoms with Gasteiger partial charge in [-0.2, -0.15) is 0 Å². The Morgan fingerprint density at radius 1 is 0.943 bits per heavy atom. The summed E-state index contributed by atoms with van der Waals surface area (Å²) in [6.45, 7) is 2.79. The summed E-state index contributed by atoms with van der Waals surface area (Å²) in [7, 11) is 0. The third-order valence-electron chi connectivity index (χ3n) is 5.54. The van der Waals surface area contributed by atoms with Crippen LogP contribution in [0.1, 0.15) is 38.7 Å². The standard InChI is InChI=1S/C23H35N5O7/c1-3-13(2)19(23(34)35)28-21(32)16(9-10-18(25)30)26-22(33)17(27-20(31)15(24)12-29)11-14-7-5-4-6-8-14/h4-8,13,15-17,19,29H,3,9-12,24H2,1-2H3,(H2,25,30)(H,26,33)(H,27,31)(H,28,32)(H,34,35). The van der Waals surface area contributed by atoms with Crippen molar-refractivity contribution in [2.24, 2.45) is 17.4 Å². The minimum atomic E-state index is -1.29. The minimum absolute atomic E-state index is 0.0470. The van der Waals surface area contributed by atoms with Crippen LogP contribution in [-0.2, 0) is 30.4 Å². The molecule has 0 heterocycles. The first kappa shape index (κ1) is 29.5. The number of rotatable bonds is 15. The molecule has 194 valence electrons. The Hall–Kier alpha value is -3.51. The van der Waals surface area contributed by atoms with Crippen LogP contribution in [0.15, 0.2) is 30.3 Å². The van der Waals surface area contributed by atoms with Gasteiger partial charge in [0, 0.05) is 12.8 Å². The molecule has 1 aromatic carbocycles. The molecule has 0 radical (unpaired) electrons. The number of primary amides is 1. The van der Waals surface area contributed by atoms with Gasteiger partial charge in [-0.05, 0) is 17.9 Å². The molecule has 5 unspecified atom stereocenters. The van der Waals surface area contributed by atoms with Crippen molar-refractivity contribution in [3.63, 3.8) is 0 Å². The molecule has 0 bridgehead atoms. The van der Waals surface area contributed by atoms with Gasteiger partial charge in [-0.3, -0.25) is 19.2 Å². The maximum atomic E-state index is 13.1.